The second-order valence-electron chi connectivity index (χ2n) is 2.78. The highest BCUT2D eigenvalue weighted by Crippen LogP contribution is 2.33. The molecule has 0 radical (unpaired) electrons. The molecule has 2 atom stereocenters. The summed E-state index contributed by atoms with van der Waals surface area (Å²) in [6.07, 6.45) is -2.40. The molecule has 10 heavy (non-hydrogen) atoms. The number of hydrogen-bond donors (Lipinski definition) is 1. The lowest BCUT2D eigenvalue weighted by molar-refractivity contribution is -0.0635. The Kier molecular flexibility index (Phi) is 1.90. The third kappa shape index (κ3) is 1.62. The zero-order valence-corrected chi connectivity index (χ0v) is 5.49. The Labute approximate surface area is 57.4 Å². The van der Waals surface area contributed by atoms with E-state index in [4.69, 9.17) is 5.73 Å². The van der Waals surface area contributed by atoms with Gasteiger partial charge in [0.15, 0.2) is 0 Å². The Morgan fingerprint density at radius 2 is 2.00 bits per heavy atom. The fourth-order valence-corrected chi connectivity index (χ4v) is 1.10. The first kappa shape index (κ1) is 7.85. The number of hydrogen-bond acceptors (Lipinski definition) is 1. The molecule has 0 aliphatic heterocycles. The topological polar surface area (TPSA) is 26.0 Å². The summed E-state index contributed by atoms with van der Waals surface area (Å²) >= 11 is 0. The number of nitrogens with two attached hydrogens (primary N) is 1. The minimum atomic E-state index is -2.82. The van der Waals surface area contributed by atoms with Gasteiger partial charge < -0.3 is 5.73 Å². The number of alkyl halides is 3. The maximum atomic E-state index is 12.5. The monoisotopic (exact) mass is 153 g/mol. The van der Waals surface area contributed by atoms with Crippen molar-refractivity contribution in [2.24, 2.45) is 5.73 Å². The summed E-state index contributed by atoms with van der Waals surface area (Å²) in [5.41, 5.74) is 5.19. The van der Waals surface area contributed by atoms with Crippen LogP contribution < -0.4 is 5.73 Å². The van der Waals surface area contributed by atoms with E-state index in [1.165, 1.54) is 0 Å². The van der Waals surface area contributed by atoms with Gasteiger partial charge in [0.05, 0.1) is 0 Å². The summed E-state index contributed by atoms with van der Waals surface area (Å²) in [6, 6.07) is -0.681. The normalized spacial score (nSPS) is 39.6. The number of rotatable bonds is 0. The van der Waals surface area contributed by atoms with Crippen molar-refractivity contribution in [3.8, 4) is 0 Å². The highest BCUT2D eigenvalue weighted by atomic mass is 19.3. The molecule has 0 heterocycles. The fourth-order valence-electron chi connectivity index (χ4n) is 1.10. The standard InChI is InChI=1S/C6H10F3N/c7-4-3-6(8,9)2-1-5(4)10/h4-5H,1-3,10H2/t4-,5+/m0/s1. The molecular formula is C6H10F3N. The molecule has 1 aliphatic rings. The zero-order chi connectivity index (χ0) is 7.78. The van der Waals surface area contributed by atoms with Crippen molar-refractivity contribution in [2.75, 3.05) is 0 Å². The maximum absolute atomic E-state index is 12.5. The molecule has 0 aromatic carbocycles. The molecule has 0 aromatic rings. The smallest absolute Gasteiger partial charge is 0.251 e. The third-order valence-electron chi connectivity index (χ3n) is 1.80. The lowest BCUT2D eigenvalue weighted by Crippen LogP contribution is -2.42. The molecular weight excluding hydrogens is 143 g/mol. The van der Waals surface area contributed by atoms with Crippen molar-refractivity contribution in [1.29, 1.82) is 0 Å². The van der Waals surface area contributed by atoms with Crippen molar-refractivity contribution >= 4 is 0 Å². The van der Waals surface area contributed by atoms with Gasteiger partial charge in [-0.15, -0.1) is 0 Å². The van der Waals surface area contributed by atoms with Crippen LogP contribution in [-0.2, 0) is 0 Å². The van der Waals surface area contributed by atoms with Gasteiger partial charge in [0.25, 0.3) is 5.92 Å². The molecule has 60 valence electrons. The van der Waals surface area contributed by atoms with Gasteiger partial charge in [0.1, 0.15) is 6.17 Å². The largest absolute Gasteiger partial charge is 0.325 e. The molecule has 0 spiro atoms. The minimum Gasteiger partial charge on any atom is -0.325 e. The van der Waals surface area contributed by atoms with Crippen molar-refractivity contribution < 1.29 is 13.2 Å². The Bertz CT molecular complexity index is 126. The average molecular weight is 153 g/mol. The van der Waals surface area contributed by atoms with Gasteiger partial charge in [-0.05, 0) is 6.42 Å². The SMILES string of the molecule is N[C@@H]1CCC(F)(F)C[C@@H]1F. The molecule has 0 aromatic heterocycles. The van der Waals surface area contributed by atoms with E-state index in [0.29, 0.717) is 0 Å². The summed E-state index contributed by atoms with van der Waals surface area (Å²) in [4.78, 5) is 0. The maximum Gasteiger partial charge on any atom is 0.251 e. The van der Waals surface area contributed by atoms with Gasteiger partial charge in [0, 0.05) is 18.9 Å². The summed E-state index contributed by atoms with van der Waals surface area (Å²) in [5, 5.41) is 0. The van der Waals surface area contributed by atoms with E-state index in [-0.39, 0.29) is 12.8 Å². The number of halogens is 3. The average Bonchev–Trinajstić information content (AvgIpc) is 1.79. The van der Waals surface area contributed by atoms with Gasteiger partial charge in [-0.2, -0.15) is 0 Å². The lowest BCUT2D eigenvalue weighted by Gasteiger charge is -2.28. The van der Waals surface area contributed by atoms with E-state index < -0.39 is 24.6 Å². The van der Waals surface area contributed by atoms with Crippen molar-refractivity contribution in [1.82, 2.24) is 0 Å². The highest BCUT2D eigenvalue weighted by molar-refractivity contribution is 4.86. The third-order valence-corrected chi connectivity index (χ3v) is 1.80. The van der Waals surface area contributed by atoms with E-state index in [0.717, 1.165) is 0 Å². The van der Waals surface area contributed by atoms with Crippen LogP contribution in [0.5, 0.6) is 0 Å². The molecule has 0 saturated heterocycles. The predicted molar refractivity (Wildman–Crippen MR) is 31.7 cm³/mol. The zero-order valence-electron chi connectivity index (χ0n) is 5.49. The molecule has 1 nitrogen and oxygen atoms in total. The van der Waals surface area contributed by atoms with Crippen LogP contribution in [0.3, 0.4) is 0 Å². The second kappa shape index (κ2) is 2.42. The van der Waals surface area contributed by atoms with E-state index in [2.05, 4.69) is 0 Å². The molecule has 0 unspecified atom stereocenters. The first-order chi connectivity index (χ1) is 4.51. The van der Waals surface area contributed by atoms with Gasteiger partial charge in [-0.1, -0.05) is 0 Å². The fraction of sp³-hybridized carbons (Fsp3) is 1.00. The summed E-state index contributed by atoms with van der Waals surface area (Å²) < 4.78 is 37.1. The molecule has 1 saturated carbocycles. The Hall–Kier alpha value is -0.250. The Morgan fingerprint density at radius 3 is 2.40 bits per heavy atom. The van der Waals surface area contributed by atoms with E-state index >= 15 is 0 Å². The minimum absolute atomic E-state index is 0.0914. The molecule has 0 amide bonds. The van der Waals surface area contributed by atoms with E-state index in [9.17, 15) is 13.2 Å². The second-order valence-corrected chi connectivity index (χ2v) is 2.78. The first-order valence-corrected chi connectivity index (χ1v) is 3.29. The summed E-state index contributed by atoms with van der Waals surface area (Å²) in [7, 11) is 0. The lowest BCUT2D eigenvalue weighted by atomic mass is 9.91. The van der Waals surface area contributed by atoms with Crippen LogP contribution in [0.2, 0.25) is 0 Å². The summed E-state index contributed by atoms with van der Waals surface area (Å²) in [6.45, 7) is 0. The predicted octanol–water partition coefficient (Wildman–Crippen LogP) is 1.47. The molecule has 2 N–H and O–H groups in total. The first-order valence-electron chi connectivity index (χ1n) is 3.29. The summed E-state index contributed by atoms with van der Waals surface area (Å²) in [5.74, 6) is -2.82. The van der Waals surface area contributed by atoms with Crippen molar-refractivity contribution in [3.63, 3.8) is 0 Å². The van der Waals surface area contributed by atoms with E-state index in [1.54, 1.807) is 0 Å². The molecule has 1 aliphatic carbocycles. The van der Waals surface area contributed by atoms with Crippen LogP contribution in [0.1, 0.15) is 19.3 Å². The van der Waals surface area contributed by atoms with Crippen LogP contribution in [-0.4, -0.2) is 18.1 Å². The van der Waals surface area contributed by atoms with Gasteiger partial charge >= 0.3 is 0 Å². The van der Waals surface area contributed by atoms with Crippen LogP contribution >= 0.6 is 0 Å². The molecule has 1 rings (SSSR count). The Morgan fingerprint density at radius 1 is 1.40 bits per heavy atom. The van der Waals surface area contributed by atoms with Crippen LogP contribution in [0, 0.1) is 0 Å². The van der Waals surface area contributed by atoms with Crippen molar-refractivity contribution in [3.05, 3.63) is 0 Å². The van der Waals surface area contributed by atoms with E-state index in [1.807, 2.05) is 0 Å². The van der Waals surface area contributed by atoms with Gasteiger partial charge in [-0.25, -0.2) is 13.2 Å². The highest BCUT2D eigenvalue weighted by Gasteiger charge is 2.40. The Balaban J connectivity index is 2.49. The van der Waals surface area contributed by atoms with Crippen molar-refractivity contribution in [2.45, 2.75) is 37.4 Å². The van der Waals surface area contributed by atoms with Gasteiger partial charge in [0.2, 0.25) is 0 Å². The molecule has 0 bridgehead atoms. The van der Waals surface area contributed by atoms with Crippen LogP contribution in [0.4, 0.5) is 13.2 Å². The molecule has 1 fully saturated rings. The van der Waals surface area contributed by atoms with Gasteiger partial charge in [-0.3, -0.25) is 0 Å². The van der Waals surface area contributed by atoms with Crippen LogP contribution in [0.15, 0.2) is 0 Å². The molecule has 4 heteroatoms. The quantitative estimate of drug-likeness (QED) is 0.560. The van der Waals surface area contributed by atoms with Crippen LogP contribution in [0.25, 0.3) is 0 Å².